The lowest BCUT2D eigenvalue weighted by Crippen LogP contribution is -1.92. The summed E-state index contributed by atoms with van der Waals surface area (Å²) in [7, 11) is 1.63. The van der Waals surface area contributed by atoms with Crippen LogP contribution in [0.5, 0.6) is 5.88 Å². The predicted molar refractivity (Wildman–Crippen MR) is 68.9 cm³/mol. The smallest absolute Gasteiger partial charge is 0.213 e. The highest BCUT2D eigenvalue weighted by molar-refractivity contribution is 9.08. The molecule has 82 valence electrons. The van der Waals surface area contributed by atoms with Crippen LogP contribution in [0.15, 0.2) is 42.6 Å². The Hall–Kier alpha value is -1.35. The number of nitrogens with zero attached hydrogens (tertiary/aromatic N) is 1. The van der Waals surface area contributed by atoms with Crippen LogP contribution >= 0.6 is 15.9 Å². The van der Waals surface area contributed by atoms with Crippen LogP contribution in [0.1, 0.15) is 5.56 Å². The molecule has 16 heavy (non-hydrogen) atoms. The Balaban J connectivity index is 2.49. The summed E-state index contributed by atoms with van der Waals surface area (Å²) >= 11 is 3.49. The van der Waals surface area contributed by atoms with E-state index in [1.165, 1.54) is 11.1 Å². The second-order valence-corrected chi connectivity index (χ2v) is 3.94. The molecule has 0 aliphatic heterocycles. The van der Waals surface area contributed by atoms with Crippen LogP contribution < -0.4 is 4.74 Å². The van der Waals surface area contributed by atoms with Gasteiger partial charge in [0.1, 0.15) is 0 Å². The van der Waals surface area contributed by atoms with Crippen molar-refractivity contribution in [1.82, 2.24) is 4.98 Å². The molecule has 0 saturated heterocycles. The first kappa shape index (κ1) is 11.1. The van der Waals surface area contributed by atoms with Crippen LogP contribution in [0, 0.1) is 0 Å². The van der Waals surface area contributed by atoms with Gasteiger partial charge in [0.25, 0.3) is 0 Å². The number of hydrogen-bond donors (Lipinski definition) is 0. The molecule has 0 atom stereocenters. The number of pyridine rings is 1. The van der Waals surface area contributed by atoms with E-state index >= 15 is 0 Å². The van der Waals surface area contributed by atoms with Gasteiger partial charge in [0.05, 0.1) is 7.11 Å². The Morgan fingerprint density at radius 3 is 2.62 bits per heavy atom. The Labute approximate surface area is 103 Å². The number of alkyl halides is 1. The quantitative estimate of drug-likeness (QED) is 0.799. The second kappa shape index (κ2) is 5.12. The SMILES string of the molecule is COc1cc(CBr)c(-c2ccccc2)cn1. The van der Waals surface area contributed by atoms with Crippen molar-refractivity contribution in [3.8, 4) is 17.0 Å². The van der Waals surface area contributed by atoms with E-state index in [9.17, 15) is 0 Å². The topological polar surface area (TPSA) is 22.1 Å². The molecule has 0 fully saturated rings. The first-order valence-electron chi connectivity index (χ1n) is 4.99. The lowest BCUT2D eigenvalue weighted by molar-refractivity contribution is 0.397. The fraction of sp³-hybridized carbons (Fsp3) is 0.154. The molecule has 0 aliphatic rings. The summed E-state index contributed by atoms with van der Waals surface area (Å²) in [5, 5.41) is 0.788. The zero-order valence-electron chi connectivity index (χ0n) is 8.98. The van der Waals surface area contributed by atoms with Gasteiger partial charge in [-0.1, -0.05) is 46.3 Å². The molecule has 0 radical (unpaired) electrons. The van der Waals surface area contributed by atoms with Crippen LogP contribution in [0.4, 0.5) is 0 Å². The number of hydrogen-bond acceptors (Lipinski definition) is 2. The summed E-state index contributed by atoms with van der Waals surface area (Å²) in [5.41, 5.74) is 3.49. The van der Waals surface area contributed by atoms with E-state index in [0.29, 0.717) is 5.88 Å². The number of aromatic nitrogens is 1. The molecular weight excluding hydrogens is 266 g/mol. The average Bonchev–Trinajstić information content (AvgIpc) is 2.39. The van der Waals surface area contributed by atoms with Crippen molar-refractivity contribution in [3.05, 3.63) is 48.2 Å². The Morgan fingerprint density at radius 1 is 1.25 bits per heavy atom. The zero-order chi connectivity index (χ0) is 11.4. The molecule has 0 bridgehead atoms. The van der Waals surface area contributed by atoms with E-state index in [1.54, 1.807) is 7.11 Å². The van der Waals surface area contributed by atoms with Gasteiger partial charge in [-0.05, 0) is 11.1 Å². The Bertz CT molecular complexity index is 471. The molecule has 2 aromatic rings. The van der Waals surface area contributed by atoms with Gasteiger partial charge in [-0.25, -0.2) is 4.98 Å². The fourth-order valence-corrected chi connectivity index (χ4v) is 2.04. The van der Waals surface area contributed by atoms with E-state index in [2.05, 4.69) is 33.0 Å². The van der Waals surface area contributed by atoms with E-state index in [4.69, 9.17) is 4.74 Å². The molecule has 0 saturated carbocycles. The summed E-state index contributed by atoms with van der Waals surface area (Å²) in [5.74, 6) is 0.647. The number of rotatable bonds is 3. The monoisotopic (exact) mass is 277 g/mol. The second-order valence-electron chi connectivity index (χ2n) is 3.38. The van der Waals surface area contributed by atoms with Crippen LogP contribution in [-0.4, -0.2) is 12.1 Å². The third kappa shape index (κ3) is 2.25. The molecule has 1 aromatic heterocycles. The predicted octanol–water partition coefficient (Wildman–Crippen LogP) is 3.65. The van der Waals surface area contributed by atoms with Crippen molar-refractivity contribution >= 4 is 15.9 Å². The lowest BCUT2D eigenvalue weighted by Gasteiger charge is -2.08. The maximum atomic E-state index is 5.12. The Morgan fingerprint density at radius 2 is 2.00 bits per heavy atom. The minimum atomic E-state index is 0.647. The zero-order valence-corrected chi connectivity index (χ0v) is 10.6. The summed E-state index contributed by atoms with van der Waals surface area (Å²) in [6.45, 7) is 0. The van der Waals surface area contributed by atoms with Gasteiger partial charge in [-0.15, -0.1) is 0 Å². The number of methoxy groups -OCH3 is 1. The molecule has 0 unspecified atom stereocenters. The van der Waals surface area contributed by atoms with Gasteiger partial charge >= 0.3 is 0 Å². The largest absolute Gasteiger partial charge is 0.481 e. The number of halogens is 1. The molecule has 2 nitrogen and oxygen atoms in total. The fourth-order valence-electron chi connectivity index (χ4n) is 1.57. The molecule has 1 heterocycles. The maximum Gasteiger partial charge on any atom is 0.213 e. The molecule has 0 spiro atoms. The third-order valence-electron chi connectivity index (χ3n) is 2.40. The van der Waals surface area contributed by atoms with Crippen molar-refractivity contribution < 1.29 is 4.74 Å². The first-order valence-corrected chi connectivity index (χ1v) is 6.11. The van der Waals surface area contributed by atoms with Crippen LogP contribution in [0.2, 0.25) is 0 Å². The Kier molecular flexibility index (Phi) is 3.57. The van der Waals surface area contributed by atoms with Gasteiger partial charge in [0.15, 0.2) is 0 Å². The molecule has 1 aromatic carbocycles. The highest BCUT2D eigenvalue weighted by atomic mass is 79.9. The van der Waals surface area contributed by atoms with Crippen LogP contribution in [-0.2, 0) is 5.33 Å². The van der Waals surface area contributed by atoms with E-state index in [0.717, 1.165) is 10.9 Å². The minimum Gasteiger partial charge on any atom is -0.481 e. The van der Waals surface area contributed by atoms with Gasteiger partial charge in [-0.2, -0.15) is 0 Å². The van der Waals surface area contributed by atoms with Crippen molar-refractivity contribution in [3.63, 3.8) is 0 Å². The lowest BCUT2D eigenvalue weighted by atomic mass is 10.0. The van der Waals surface area contributed by atoms with Crippen molar-refractivity contribution in [2.45, 2.75) is 5.33 Å². The third-order valence-corrected chi connectivity index (χ3v) is 3.01. The summed E-state index contributed by atoms with van der Waals surface area (Å²) in [4.78, 5) is 4.24. The molecule has 0 amide bonds. The van der Waals surface area contributed by atoms with Gasteiger partial charge in [-0.3, -0.25) is 0 Å². The normalized spacial score (nSPS) is 10.1. The first-order chi connectivity index (χ1) is 7.85. The van der Waals surface area contributed by atoms with E-state index < -0.39 is 0 Å². The highest BCUT2D eigenvalue weighted by Crippen LogP contribution is 2.26. The van der Waals surface area contributed by atoms with Gasteiger partial charge < -0.3 is 4.74 Å². The van der Waals surface area contributed by atoms with Crippen molar-refractivity contribution in [2.75, 3.05) is 7.11 Å². The number of benzene rings is 1. The number of ether oxygens (including phenoxy) is 1. The maximum absolute atomic E-state index is 5.12. The average molecular weight is 278 g/mol. The molecule has 0 N–H and O–H groups in total. The van der Waals surface area contributed by atoms with Crippen molar-refractivity contribution in [1.29, 1.82) is 0 Å². The summed E-state index contributed by atoms with van der Waals surface area (Å²) in [6, 6.07) is 12.2. The van der Waals surface area contributed by atoms with Crippen LogP contribution in [0.25, 0.3) is 11.1 Å². The molecule has 3 heteroatoms. The standard InChI is InChI=1S/C13H12BrNO/c1-16-13-7-11(8-14)12(9-15-13)10-5-3-2-4-6-10/h2-7,9H,8H2,1H3. The molecular formula is C13H12BrNO. The van der Waals surface area contributed by atoms with Gasteiger partial charge in [0.2, 0.25) is 5.88 Å². The minimum absolute atomic E-state index is 0.647. The van der Waals surface area contributed by atoms with E-state index in [1.807, 2.05) is 30.5 Å². The van der Waals surface area contributed by atoms with Crippen molar-refractivity contribution in [2.24, 2.45) is 0 Å². The highest BCUT2D eigenvalue weighted by Gasteiger charge is 2.06. The molecule has 0 aliphatic carbocycles. The summed E-state index contributed by atoms with van der Waals surface area (Å²) < 4.78 is 5.12. The van der Waals surface area contributed by atoms with Gasteiger partial charge in [0, 0.05) is 23.2 Å². The summed E-state index contributed by atoms with van der Waals surface area (Å²) in [6.07, 6.45) is 1.85. The van der Waals surface area contributed by atoms with E-state index in [-0.39, 0.29) is 0 Å². The molecule has 2 rings (SSSR count). The van der Waals surface area contributed by atoms with Crippen LogP contribution in [0.3, 0.4) is 0 Å².